The Bertz CT molecular complexity index is 1630. The van der Waals surface area contributed by atoms with E-state index in [1.54, 1.807) is 39.7 Å². The summed E-state index contributed by atoms with van der Waals surface area (Å²) < 4.78 is 56.4. The van der Waals surface area contributed by atoms with Gasteiger partial charge in [-0.15, -0.1) is 0 Å². The summed E-state index contributed by atoms with van der Waals surface area (Å²) >= 11 is 0. The van der Waals surface area contributed by atoms with Crippen molar-refractivity contribution >= 4 is 23.1 Å². The molecule has 0 bridgehead atoms. The Kier molecular flexibility index (Phi) is 6.60. The molecular weight excluding hydrogens is 542 g/mol. The molecule has 0 saturated carbocycles. The number of hydrogen-bond donors (Lipinski definition) is 2. The molecule has 212 valence electrons. The van der Waals surface area contributed by atoms with E-state index in [0.717, 1.165) is 12.1 Å². The fourth-order valence-corrected chi connectivity index (χ4v) is 5.34. The maximum absolute atomic E-state index is 14.9. The van der Waals surface area contributed by atoms with E-state index in [0.29, 0.717) is 22.3 Å². The monoisotopic (exact) mass is 567 g/mol. The molecule has 0 unspecified atom stereocenters. The Balaban J connectivity index is 1.20. The van der Waals surface area contributed by atoms with Crippen molar-refractivity contribution in [3.05, 3.63) is 83.4 Å². The first-order chi connectivity index (χ1) is 19.6. The Labute approximate surface area is 231 Å². The van der Waals surface area contributed by atoms with E-state index >= 15 is 0 Å². The summed E-state index contributed by atoms with van der Waals surface area (Å²) in [5.74, 6) is -4.00. The number of likely N-dealkylation sites (tertiary alicyclic amines) is 2. The summed E-state index contributed by atoms with van der Waals surface area (Å²) in [7, 11) is 0. The molecule has 0 radical (unpaired) electrons. The number of anilines is 1. The number of nitrogen functional groups attached to an aromatic ring is 1. The highest BCUT2D eigenvalue weighted by Gasteiger charge is 2.44. The number of nitrogens with two attached hydrogens (primary N) is 1. The van der Waals surface area contributed by atoms with E-state index in [9.17, 15) is 27.2 Å². The molecule has 2 amide bonds. The second kappa shape index (κ2) is 10.1. The number of nitrogens with zero attached hydrogens (tertiary/aromatic N) is 5. The van der Waals surface area contributed by atoms with Gasteiger partial charge in [-0.1, -0.05) is 12.1 Å². The Hall–Kier alpha value is -4.52. The van der Waals surface area contributed by atoms with Crippen LogP contribution in [0.25, 0.3) is 16.8 Å². The Morgan fingerprint density at radius 1 is 1.05 bits per heavy atom. The third kappa shape index (κ3) is 5.20. The van der Waals surface area contributed by atoms with Crippen LogP contribution in [0.4, 0.5) is 23.4 Å². The largest absolute Gasteiger partial charge is 0.382 e. The van der Waals surface area contributed by atoms with Crippen molar-refractivity contribution in [2.75, 3.05) is 31.9 Å². The molecule has 2 saturated heterocycles. The van der Waals surface area contributed by atoms with Crippen LogP contribution in [0.15, 0.2) is 60.9 Å². The van der Waals surface area contributed by atoms with Gasteiger partial charge in [-0.3, -0.25) is 14.5 Å². The fourth-order valence-electron chi connectivity index (χ4n) is 5.34. The van der Waals surface area contributed by atoms with Crippen molar-refractivity contribution in [3.8, 4) is 11.3 Å². The smallest absolute Gasteiger partial charge is 0.272 e. The summed E-state index contributed by atoms with van der Waals surface area (Å²) in [5, 5.41) is 6.96. The second-order valence-corrected chi connectivity index (χ2v) is 10.4. The number of carbonyl (C=O) groups excluding carboxylic acids is 2. The molecule has 2 fully saturated rings. The molecule has 41 heavy (non-hydrogen) atoms. The third-order valence-corrected chi connectivity index (χ3v) is 7.33. The zero-order chi connectivity index (χ0) is 28.9. The molecule has 0 spiro atoms. The lowest BCUT2D eigenvalue weighted by Crippen LogP contribution is -2.55. The average molecular weight is 568 g/mol. The van der Waals surface area contributed by atoms with Crippen LogP contribution in [0.5, 0.6) is 0 Å². The highest BCUT2D eigenvalue weighted by Crippen LogP contribution is 2.33. The van der Waals surface area contributed by atoms with Crippen molar-refractivity contribution in [1.82, 2.24) is 29.7 Å². The Morgan fingerprint density at radius 2 is 1.80 bits per heavy atom. The van der Waals surface area contributed by atoms with Gasteiger partial charge in [0.2, 0.25) is 0 Å². The molecule has 4 heterocycles. The number of nitrogens with one attached hydrogen (secondary N) is 1. The molecule has 2 aromatic carbocycles. The molecule has 0 aliphatic carbocycles. The van der Waals surface area contributed by atoms with Gasteiger partial charge in [0.25, 0.3) is 17.7 Å². The van der Waals surface area contributed by atoms with Crippen molar-refractivity contribution < 1.29 is 27.2 Å². The van der Waals surface area contributed by atoms with Gasteiger partial charge in [-0.2, -0.15) is 5.10 Å². The molecule has 2 aliphatic heterocycles. The van der Waals surface area contributed by atoms with Gasteiger partial charge in [0.1, 0.15) is 23.8 Å². The number of fused-ring (bicyclic) bond motifs is 1. The van der Waals surface area contributed by atoms with Crippen LogP contribution >= 0.6 is 0 Å². The minimum atomic E-state index is -2.72. The quantitative estimate of drug-likeness (QED) is 0.347. The van der Waals surface area contributed by atoms with E-state index in [1.807, 2.05) is 0 Å². The van der Waals surface area contributed by atoms with Gasteiger partial charge in [0.15, 0.2) is 5.82 Å². The summed E-state index contributed by atoms with van der Waals surface area (Å²) in [5.41, 5.74) is 8.92. The van der Waals surface area contributed by atoms with E-state index < -0.39 is 35.8 Å². The summed E-state index contributed by atoms with van der Waals surface area (Å²) in [6, 6.07) is 12.4. The molecule has 2 aromatic heterocycles. The molecule has 2 atom stereocenters. The number of benzene rings is 2. The molecule has 3 N–H and O–H groups in total. The van der Waals surface area contributed by atoms with Gasteiger partial charge < -0.3 is 16.0 Å². The van der Waals surface area contributed by atoms with Crippen LogP contribution < -0.4 is 11.1 Å². The highest BCUT2D eigenvalue weighted by atomic mass is 19.3. The van der Waals surface area contributed by atoms with Crippen LogP contribution in [0, 0.1) is 5.82 Å². The molecule has 9 nitrogen and oxygen atoms in total. The van der Waals surface area contributed by atoms with E-state index in [4.69, 9.17) is 5.73 Å². The number of hydrogen-bond acceptors (Lipinski definition) is 6. The lowest BCUT2D eigenvalue weighted by atomic mass is 10.1. The van der Waals surface area contributed by atoms with Crippen molar-refractivity contribution in [3.63, 3.8) is 0 Å². The van der Waals surface area contributed by atoms with Crippen LogP contribution in [0.2, 0.25) is 0 Å². The predicted octanol–water partition coefficient (Wildman–Crippen LogP) is 3.16. The average Bonchev–Trinajstić information content (AvgIpc) is 3.48. The van der Waals surface area contributed by atoms with Gasteiger partial charge in [-0.05, 0) is 48.0 Å². The fraction of sp³-hybridized carbons (Fsp3) is 0.286. The highest BCUT2D eigenvalue weighted by molar-refractivity contribution is 5.96. The van der Waals surface area contributed by atoms with Crippen LogP contribution in [-0.4, -0.2) is 80.5 Å². The minimum absolute atomic E-state index is 0.0404. The minimum Gasteiger partial charge on any atom is -0.382 e. The van der Waals surface area contributed by atoms with Crippen LogP contribution in [0.1, 0.15) is 26.3 Å². The normalized spacial score (nSPS) is 20.2. The zero-order valence-electron chi connectivity index (χ0n) is 21.6. The van der Waals surface area contributed by atoms with E-state index in [2.05, 4.69) is 15.4 Å². The van der Waals surface area contributed by atoms with Crippen LogP contribution in [0.3, 0.4) is 0 Å². The summed E-state index contributed by atoms with van der Waals surface area (Å²) in [6.45, 7) is -0.728. The van der Waals surface area contributed by atoms with Gasteiger partial charge in [-0.25, -0.2) is 27.1 Å². The maximum Gasteiger partial charge on any atom is 0.272 e. The Morgan fingerprint density at radius 3 is 2.54 bits per heavy atom. The van der Waals surface area contributed by atoms with Gasteiger partial charge in [0.05, 0.1) is 31.4 Å². The van der Waals surface area contributed by atoms with Gasteiger partial charge in [0, 0.05) is 29.8 Å². The number of amides is 2. The van der Waals surface area contributed by atoms with Crippen molar-refractivity contribution in [2.45, 2.75) is 24.7 Å². The lowest BCUT2D eigenvalue weighted by Gasteiger charge is -2.38. The van der Waals surface area contributed by atoms with Gasteiger partial charge >= 0.3 is 0 Å². The zero-order valence-corrected chi connectivity index (χ0v) is 21.6. The second-order valence-electron chi connectivity index (χ2n) is 10.4. The number of aromatic nitrogens is 3. The topological polar surface area (TPSA) is 109 Å². The molecule has 2 aliphatic rings. The van der Waals surface area contributed by atoms with Crippen LogP contribution in [-0.2, 0) is 6.54 Å². The molecule has 13 heteroatoms. The first-order valence-corrected chi connectivity index (χ1v) is 12.9. The lowest BCUT2D eigenvalue weighted by molar-refractivity contribution is -0.133. The number of alkyl halides is 3. The third-order valence-electron chi connectivity index (χ3n) is 7.33. The summed E-state index contributed by atoms with van der Waals surface area (Å²) in [6.07, 6.45) is -0.207. The first kappa shape index (κ1) is 26.7. The molecule has 6 rings (SSSR count). The predicted molar refractivity (Wildman–Crippen MR) is 142 cm³/mol. The number of halogens is 4. The standard InChI is InChI=1S/C28H25F4N7O2/c29-20-6-4-16(5-7-20)27(41)38-11-21(30)22(12-38)36-26(40)18-3-1-2-17(8-18)23-9-19(10-37-13-28(31,32)14-37)24-25(33)34-15-35-39(23)24/h1-9,15,21-22H,10-14H2,(H,36,40)(H2,33,34,35)/t21-,22+/m0/s1. The summed E-state index contributed by atoms with van der Waals surface area (Å²) in [4.78, 5) is 32.8. The maximum atomic E-state index is 14.9. The first-order valence-electron chi connectivity index (χ1n) is 12.9. The number of rotatable bonds is 6. The van der Waals surface area contributed by atoms with E-state index in [1.165, 1.54) is 23.4 Å². The SMILES string of the molecule is Nc1ncnn2c(-c3cccc(C(=O)N[C@@H]4CN(C(=O)c5ccc(F)cc5)C[C@@H]4F)c3)cc(CN3CC(F)(F)C3)c12. The molecule has 4 aromatic rings. The molecular formula is C28H25F4N7O2. The number of carbonyl (C=O) groups is 2. The van der Waals surface area contributed by atoms with Crippen molar-refractivity contribution in [1.29, 1.82) is 0 Å². The van der Waals surface area contributed by atoms with E-state index in [-0.39, 0.29) is 49.7 Å². The van der Waals surface area contributed by atoms with Crippen molar-refractivity contribution in [2.24, 2.45) is 0 Å².